The third-order valence-electron chi connectivity index (χ3n) is 4.75. The number of hydrogen-bond donors (Lipinski definition) is 2. The lowest BCUT2D eigenvalue weighted by molar-refractivity contribution is 0.102. The van der Waals surface area contributed by atoms with Crippen molar-refractivity contribution in [3.8, 4) is 11.5 Å². The van der Waals surface area contributed by atoms with Crippen LogP contribution < -0.4 is 14.8 Å². The molecule has 1 amide bonds. The van der Waals surface area contributed by atoms with Crippen molar-refractivity contribution in [1.82, 2.24) is 0 Å². The van der Waals surface area contributed by atoms with E-state index in [4.69, 9.17) is 39.5 Å². The maximum absolute atomic E-state index is 13.2. The van der Waals surface area contributed by atoms with E-state index in [-0.39, 0.29) is 26.2 Å². The summed E-state index contributed by atoms with van der Waals surface area (Å²) in [6, 6.07) is 24.2. The zero-order valence-electron chi connectivity index (χ0n) is 17.8. The highest BCUT2D eigenvalue weighted by Gasteiger charge is 2.24. The number of carbonyl (C=O) groups excluding carboxylic acids is 1. The average molecular weight is 548 g/mol. The molecule has 0 aromatic heterocycles. The molecule has 4 aromatic rings. The topological polar surface area (TPSA) is 84.5 Å². The number of nitrogens with one attached hydrogen (secondary N) is 2. The van der Waals surface area contributed by atoms with E-state index in [1.807, 2.05) is 6.07 Å². The number of rotatable bonds is 7. The van der Waals surface area contributed by atoms with Gasteiger partial charge in [-0.3, -0.25) is 9.52 Å². The van der Waals surface area contributed by atoms with E-state index >= 15 is 0 Å². The van der Waals surface area contributed by atoms with Crippen LogP contribution in [0.3, 0.4) is 0 Å². The highest BCUT2D eigenvalue weighted by Crippen LogP contribution is 2.33. The third-order valence-corrected chi connectivity index (χ3v) is 7.32. The Morgan fingerprint density at radius 1 is 0.743 bits per heavy atom. The second-order valence-electron chi connectivity index (χ2n) is 7.24. The SMILES string of the molecule is O=C(Nc1ccc(Cl)cc1)c1cc(Oc2ccccc2)ccc1NS(=O)(=O)c1c(Cl)cccc1Cl. The van der Waals surface area contributed by atoms with Gasteiger partial charge in [-0.1, -0.05) is 59.1 Å². The molecule has 35 heavy (non-hydrogen) atoms. The van der Waals surface area contributed by atoms with Crippen molar-refractivity contribution in [2.45, 2.75) is 4.90 Å². The van der Waals surface area contributed by atoms with Crippen LogP contribution >= 0.6 is 34.8 Å². The highest BCUT2D eigenvalue weighted by atomic mass is 35.5. The van der Waals surface area contributed by atoms with Crippen molar-refractivity contribution in [1.29, 1.82) is 0 Å². The van der Waals surface area contributed by atoms with Gasteiger partial charge in [0.2, 0.25) is 0 Å². The molecule has 0 bridgehead atoms. The molecule has 0 aliphatic rings. The van der Waals surface area contributed by atoms with E-state index in [2.05, 4.69) is 10.0 Å². The Morgan fingerprint density at radius 2 is 1.40 bits per heavy atom. The van der Waals surface area contributed by atoms with Gasteiger partial charge in [-0.25, -0.2) is 8.42 Å². The Bertz CT molecular complexity index is 1460. The number of carbonyl (C=O) groups is 1. The molecule has 4 aromatic carbocycles. The van der Waals surface area contributed by atoms with E-state index in [9.17, 15) is 13.2 Å². The molecule has 6 nitrogen and oxygen atoms in total. The van der Waals surface area contributed by atoms with Gasteiger partial charge in [-0.05, 0) is 66.7 Å². The molecule has 0 unspecified atom stereocenters. The van der Waals surface area contributed by atoms with Gasteiger partial charge >= 0.3 is 0 Å². The summed E-state index contributed by atoms with van der Waals surface area (Å²) in [4.78, 5) is 12.9. The van der Waals surface area contributed by atoms with Crippen LogP contribution in [-0.2, 0) is 10.0 Å². The first-order valence-corrected chi connectivity index (χ1v) is 12.8. The summed E-state index contributed by atoms with van der Waals surface area (Å²) in [5.74, 6) is 0.303. The fraction of sp³-hybridized carbons (Fsp3) is 0. The zero-order chi connectivity index (χ0) is 25.0. The molecule has 0 aliphatic heterocycles. The number of sulfonamides is 1. The van der Waals surface area contributed by atoms with Gasteiger partial charge in [0.1, 0.15) is 16.4 Å². The normalized spacial score (nSPS) is 11.1. The molecule has 178 valence electrons. The Labute approximate surface area is 217 Å². The van der Waals surface area contributed by atoms with E-state index in [1.165, 1.54) is 36.4 Å². The Kier molecular flexibility index (Phi) is 7.52. The molecule has 0 fully saturated rings. The Balaban J connectivity index is 1.72. The van der Waals surface area contributed by atoms with Gasteiger partial charge in [0, 0.05) is 10.7 Å². The van der Waals surface area contributed by atoms with Gasteiger partial charge in [0.25, 0.3) is 15.9 Å². The summed E-state index contributed by atoms with van der Waals surface area (Å²) < 4.78 is 34.5. The first-order valence-electron chi connectivity index (χ1n) is 10.1. The maximum Gasteiger partial charge on any atom is 0.264 e. The van der Waals surface area contributed by atoms with Crippen molar-refractivity contribution in [2.24, 2.45) is 0 Å². The van der Waals surface area contributed by atoms with Gasteiger partial charge in [0.15, 0.2) is 0 Å². The van der Waals surface area contributed by atoms with Crippen LogP contribution in [0.5, 0.6) is 11.5 Å². The van der Waals surface area contributed by atoms with Crippen LogP contribution in [0.15, 0.2) is 95.9 Å². The van der Waals surface area contributed by atoms with Crippen molar-refractivity contribution >= 4 is 62.1 Å². The quantitative estimate of drug-likeness (QED) is 0.251. The molecular weight excluding hydrogens is 531 g/mol. The van der Waals surface area contributed by atoms with Crippen LogP contribution in [-0.4, -0.2) is 14.3 Å². The average Bonchev–Trinajstić information content (AvgIpc) is 2.82. The summed E-state index contributed by atoms with van der Waals surface area (Å²) in [6.45, 7) is 0. The van der Waals surface area contributed by atoms with E-state index in [1.54, 1.807) is 48.5 Å². The van der Waals surface area contributed by atoms with Gasteiger partial charge in [-0.15, -0.1) is 0 Å². The Morgan fingerprint density at radius 3 is 2.06 bits per heavy atom. The van der Waals surface area contributed by atoms with Gasteiger partial charge < -0.3 is 10.1 Å². The molecule has 0 atom stereocenters. The van der Waals surface area contributed by atoms with Crippen LogP contribution in [0.1, 0.15) is 10.4 Å². The monoisotopic (exact) mass is 546 g/mol. The minimum atomic E-state index is -4.23. The largest absolute Gasteiger partial charge is 0.457 e. The number of halogens is 3. The molecule has 0 saturated heterocycles. The molecule has 0 aliphatic carbocycles. The van der Waals surface area contributed by atoms with Crippen molar-refractivity contribution in [2.75, 3.05) is 10.0 Å². The van der Waals surface area contributed by atoms with Crippen molar-refractivity contribution < 1.29 is 17.9 Å². The fourth-order valence-electron chi connectivity index (χ4n) is 3.16. The summed E-state index contributed by atoms with van der Waals surface area (Å²) >= 11 is 18.1. The lowest BCUT2D eigenvalue weighted by atomic mass is 10.1. The standard InChI is InChI=1S/C25H17Cl3N2O4S/c26-16-9-11-17(12-10-16)29-25(31)20-15-19(34-18-5-2-1-3-6-18)13-14-23(20)30-35(32,33)24-21(27)7-4-8-22(24)28/h1-15,30H,(H,29,31). The second kappa shape index (κ2) is 10.6. The second-order valence-corrected chi connectivity index (χ2v) is 10.1. The third kappa shape index (κ3) is 6.07. The van der Waals surface area contributed by atoms with Crippen LogP contribution in [0, 0.1) is 0 Å². The summed E-state index contributed by atoms with van der Waals surface area (Å²) in [6.07, 6.45) is 0. The number of amides is 1. The van der Waals surface area contributed by atoms with E-state index in [0.29, 0.717) is 22.2 Å². The molecule has 0 saturated carbocycles. The van der Waals surface area contributed by atoms with Gasteiger partial charge in [-0.2, -0.15) is 0 Å². The van der Waals surface area contributed by atoms with E-state index in [0.717, 1.165) is 0 Å². The molecular formula is C25H17Cl3N2O4S. The fourth-order valence-corrected chi connectivity index (χ4v) is 5.51. The van der Waals surface area contributed by atoms with E-state index < -0.39 is 15.9 Å². The summed E-state index contributed by atoms with van der Waals surface area (Å²) in [7, 11) is -4.23. The first-order chi connectivity index (χ1) is 16.7. The number of benzene rings is 4. The molecule has 0 spiro atoms. The molecule has 2 N–H and O–H groups in total. The molecule has 4 rings (SSSR count). The predicted octanol–water partition coefficient (Wildman–Crippen LogP) is 7.49. The van der Waals surface area contributed by atoms with Gasteiger partial charge in [0.05, 0.1) is 21.3 Å². The van der Waals surface area contributed by atoms with Crippen molar-refractivity contribution in [3.05, 3.63) is 112 Å². The number of ether oxygens (including phenoxy) is 1. The molecule has 0 radical (unpaired) electrons. The summed E-state index contributed by atoms with van der Waals surface area (Å²) in [5.41, 5.74) is 0.490. The predicted molar refractivity (Wildman–Crippen MR) is 140 cm³/mol. The van der Waals surface area contributed by atoms with Crippen LogP contribution in [0.2, 0.25) is 15.1 Å². The lowest BCUT2D eigenvalue weighted by Crippen LogP contribution is -2.19. The highest BCUT2D eigenvalue weighted by molar-refractivity contribution is 7.93. The maximum atomic E-state index is 13.2. The van der Waals surface area contributed by atoms with Crippen LogP contribution in [0.4, 0.5) is 11.4 Å². The first kappa shape index (κ1) is 24.9. The molecule has 0 heterocycles. The number of anilines is 2. The van der Waals surface area contributed by atoms with Crippen LogP contribution in [0.25, 0.3) is 0 Å². The Hall–Kier alpha value is -3.23. The smallest absolute Gasteiger partial charge is 0.264 e. The number of para-hydroxylation sites is 1. The summed E-state index contributed by atoms with van der Waals surface area (Å²) in [5, 5.41) is 3.12. The zero-order valence-corrected chi connectivity index (χ0v) is 20.9. The minimum Gasteiger partial charge on any atom is -0.457 e. The lowest BCUT2D eigenvalue weighted by Gasteiger charge is -2.16. The minimum absolute atomic E-state index is 0.00728. The molecule has 10 heteroatoms. The van der Waals surface area contributed by atoms with Crippen molar-refractivity contribution in [3.63, 3.8) is 0 Å². The number of hydrogen-bond acceptors (Lipinski definition) is 4.